The number of anilines is 1. The number of nitrogens with one attached hydrogen (secondary N) is 1. The van der Waals surface area contributed by atoms with E-state index in [1.165, 1.54) is 119 Å². The van der Waals surface area contributed by atoms with Gasteiger partial charge in [-0.25, -0.2) is 18.5 Å². The number of hydrogen-bond donors (Lipinski definition) is 3. The summed E-state index contributed by atoms with van der Waals surface area (Å²) in [5, 5.41) is 0. The number of H-pyrrole nitrogens is 1. The van der Waals surface area contributed by atoms with Crippen molar-refractivity contribution in [1.82, 2.24) is 24.0 Å². The second-order valence-electron chi connectivity index (χ2n) is 17.6. The molecule has 4 N–H and O–H groups in total. The van der Waals surface area contributed by atoms with Crippen LogP contribution in [0.3, 0.4) is 0 Å². The normalized spacial score (nSPS) is 24.5. The second-order valence-corrected chi connectivity index (χ2v) is 18.9. The molecule has 20 heteroatoms. The molecule has 2 aliphatic heterocycles. The van der Waals surface area contributed by atoms with E-state index in [9.17, 15) is 28.6 Å². The maximum absolute atomic E-state index is 16.5. The Morgan fingerprint density at radius 1 is 0.875 bits per heavy atom. The summed E-state index contributed by atoms with van der Waals surface area (Å²) >= 11 is 0. The first-order valence-electron chi connectivity index (χ1n) is 23.3. The Morgan fingerprint density at radius 2 is 1.45 bits per heavy atom. The second kappa shape index (κ2) is 26.8. The van der Waals surface area contributed by atoms with Gasteiger partial charge in [0.15, 0.2) is 18.6 Å². The van der Waals surface area contributed by atoms with Gasteiger partial charge in [-0.1, -0.05) is 96.8 Å². The number of phosphoric ester groups is 1. The number of ether oxygens (including phenoxy) is 4. The van der Waals surface area contributed by atoms with E-state index < -0.39 is 85.7 Å². The number of halogens is 1. The van der Waals surface area contributed by atoms with Gasteiger partial charge in [0.05, 0.1) is 24.9 Å². The standard InChI is InChI=1S/C44H74FN6O12P/c1-7-8-9-10-11-12-13-14-15-16-17-18-19-20-21-24-49(28-33-40(63-64(56,57)62-31(4)5)38(45)41(60-33)50-25-22-35(46)47-43(50)54)37(53)27-32-34(29-59-30(2)3)61-42(39(32)58-6)51-26-23-36(52)48-44(51)55/h22-23,25-26,30-34,38-42H,7-21,24,27-29H2,1-6H3,(H,56,57)(H2,46,47,54)(H,48,52,55)/t32-,33-,34-,38-,39-,40-,41-,42-/m1/s1. The molecule has 18 nitrogen and oxygen atoms in total. The fourth-order valence-electron chi connectivity index (χ4n) is 8.42. The topological polar surface area (TPSA) is 229 Å². The van der Waals surface area contributed by atoms with Gasteiger partial charge < -0.3 is 34.5 Å². The third-order valence-electron chi connectivity index (χ3n) is 11.7. The van der Waals surface area contributed by atoms with Crippen LogP contribution in [0, 0.1) is 5.92 Å². The molecule has 0 bridgehead atoms. The number of nitrogens with zero attached hydrogens (tertiary/aromatic N) is 4. The number of carbonyl (C=O) groups excluding carboxylic acids is 1. The molecule has 64 heavy (non-hydrogen) atoms. The molecule has 2 aliphatic rings. The summed E-state index contributed by atoms with van der Waals surface area (Å²) in [5.41, 5.74) is 3.46. The number of rotatable bonds is 30. The van der Waals surface area contributed by atoms with Crippen LogP contribution in [0.25, 0.3) is 0 Å². The Kier molecular flexibility index (Phi) is 22.3. The Balaban J connectivity index is 1.53. The predicted octanol–water partition coefficient (Wildman–Crippen LogP) is 6.57. The highest BCUT2D eigenvalue weighted by molar-refractivity contribution is 7.47. The summed E-state index contributed by atoms with van der Waals surface area (Å²) in [5.74, 6) is -1.17. The minimum absolute atomic E-state index is 0.0575. The number of alkyl halides is 1. The molecule has 0 aliphatic carbocycles. The van der Waals surface area contributed by atoms with Crippen LogP contribution in [-0.4, -0.2) is 104 Å². The van der Waals surface area contributed by atoms with E-state index in [2.05, 4.69) is 16.9 Å². The number of carbonyl (C=O) groups is 1. The molecule has 4 rings (SSSR count). The van der Waals surface area contributed by atoms with Crippen molar-refractivity contribution in [2.24, 2.45) is 5.92 Å². The zero-order chi connectivity index (χ0) is 46.8. The van der Waals surface area contributed by atoms with Crippen LogP contribution in [0.4, 0.5) is 10.2 Å². The Morgan fingerprint density at radius 3 is 2.00 bits per heavy atom. The number of hydrogen-bond acceptors (Lipinski definition) is 13. The van der Waals surface area contributed by atoms with Gasteiger partial charge in [0.2, 0.25) is 5.91 Å². The molecule has 0 saturated carbocycles. The molecule has 1 amide bonds. The molecule has 2 saturated heterocycles. The van der Waals surface area contributed by atoms with E-state index in [1.54, 1.807) is 0 Å². The number of amides is 1. The fourth-order valence-corrected chi connectivity index (χ4v) is 9.56. The number of unbranched alkanes of at least 4 members (excludes halogenated alkanes) is 14. The maximum atomic E-state index is 16.5. The van der Waals surface area contributed by atoms with Crippen LogP contribution < -0.4 is 22.7 Å². The van der Waals surface area contributed by atoms with Crippen molar-refractivity contribution in [3.8, 4) is 0 Å². The average molecular weight is 929 g/mol. The van der Waals surface area contributed by atoms with E-state index in [1.807, 2.05) is 13.8 Å². The number of aromatic amines is 1. The Labute approximate surface area is 376 Å². The number of nitrogens with two attached hydrogens (primary N) is 1. The lowest BCUT2D eigenvalue weighted by Gasteiger charge is -2.31. The minimum Gasteiger partial charge on any atom is -0.383 e. The first kappa shape index (κ1) is 53.3. The third kappa shape index (κ3) is 16.5. The van der Waals surface area contributed by atoms with Crippen LogP contribution in [0.5, 0.6) is 0 Å². The van der Waals surface area contributed by atoms with E-state index in [4.69, 9.17) is 33.7 Å². The van der Waals surface area contributed by atoms with E-state index >= 15 is 4.39 Å². The molecule has 0 aromatic carbocycles. The van der Waals surface area contributed by atoms with Gasteiger partial charge in [-0.05, 0) is 40.2 Å². The lowest BCUT2D eigenvalue weighted by atomic mass is 9.93. The highest BCUT2D eigenvalue weighted by atomic mass is 31.2. The molecular formula is C44H74FN6O12P. The summed E-state index contributed by atoms with van der Waals surface area (Å²) in [6.07, 6.45) is 9.11. The third-order valence-corrected chi connectivity index (χ3v) is 12.9. The van der Waals surface area contributed by atoms with Crippen molar-refractivity contribution in [3.63, 3.8) is 0 Å². The zero-order valence-corrected chi connectivity index (χ0v) is 39.5. The van der Waals surface area contributed by atoms with Gasteiger partial charge in [0.25, 0.3) is 5.56 Å². The minimum atomic E-state index is -4.88. The molecule has 9 atom stereocenters. The van der Waals surface area contributed by atoms with Gasteiger partial charge in [-0.15, -0.1) is 0 Å². The first-order valence-corrected chi connectivity index (χ1v) is 24.8. The fraction of sp³-hybridized carbons (Fsp3) is 0.795. The van der Waals surface area contributed by atoms with Crippen molar-refractivity contribution in [2.45, 2.75) is 193 Å². The monoisotopic (exact) mass is 929 g/mol. The zero-order valence-electron chi connectivity index (χ0n) is 38.6. The summed E-state index contributed by atoms with van der Waals surface area (Å²) in [7, 11) is -3.44. The van der Waals surface area contributed by atoms with Crippen LogP contribution in [0.1, 0.15) is 150 Å². The predicted molar refractivity (Wildman–Crippen MR) is 239 cm³/mol. The van der Waals surface area contributed by atoms with Crippen molar-refractivity contribution >= 4 is 19.5 Å². The highest BCUT2D eigenvalue weighted by Crippen LogP contribution is 2.50. The number of methoxy groups -OCH3 is 1. The van der Waals surface area contributed by atoms with Gasteiger partial charge in [0.1, 0.15) is 24.1 Å². The quantitative estimate of drug-likeness (QED) is 0.0557. The van der Waals surface area contributed by atoms with E-state index in [0.29, 0.717) is 6.42 Å². The molecule has 2 fully saturated rings. The molecule has 4 heterocycles. The van der Waals surface area contributed by atoms with Gasteiger partial charge in [0, 0.05) is 51.0 Å². The lowest BCUT2D eigenvalue weighted by Crippen LogP contribution is -2.45. The number of nitrogen functional groups attached to an aromatic ring is 1. The summed E-state index contributed by atoms with van der Waals surface area (Å²) < 4.78 is 66.6. The molecule has 1 unspecified atom stereocenters. The van der Waals surface area contributed by atoms with Crippen LogP contribution in [-0.2, 0) is 37.4 Å². The van der Waals surface area contributed by atoms with Gasteiger partial charge >= 0.3 is 19.2 Å². The van der Waals surface area contributed by atoms with Gasteiger partial charge in [-0.3, -0.25) is 32.8 Å². The number of aromatic nitrogens is 4. The SMILES string of the molecule is CCCCCCCCCCCCCCCCCN(C[C@H]1O[C@@H](n2ccc(N)nc2=O)[C@H](F)[C@@H]1OP(=O)(O)OC(C)C)C(=O)C[C@H]1[C@@H](OC)[C@H](n2ccc(=O)[nH]c2=O)O[C@@H]1COC(C)C. The molecule has 0 radical (unpaired) electrons. The smallest absolute Gasteiger partial charge is 0.383 e. The lowest BCUT2D eigenvalue weighted by molar-refractivity contribution is -0.137. The first-order chi connectivity index (χ1) is 30.5. The summed E-state index contributed by atoms with van der Waals surface area (Å²) in [4.78, 5) is 70.5. The molecule has 0 spiro atoms. The molecule has 2 aromatic heterocycles. The van der Waals surface area contributed by atoms with E-state index in [-0.39, 0.29) is 38.0 Å². The maximum Gasteiger partial charge on any atom is 0.472 e. The summed E-state index contributed by atoms with van der Waals surface area (Å²) in [6.45, 7) is 8.94. The van der Waals surface area contributed by atoms with Crippen molar-refractivity contribution in [1.29, 1.82) is 0 Å². The van der Waals surface area contributed by atoms with Crippen LogP contribution in [0.15, 0.2) is 38.9 Å². The molecule has 2 aromatic rings. The summed E-state index contributed by atoms with van der Waals surface area (Å²) in [6, 6.07) is 2.47. The Bertz CT molecular complexity index is 1930. The van der Waals surface area contributed by atoms with Crippen molar-refractivity contribution < 1.29 is 46.6 Å². The van der Waals surface area contributed by atoms with Crippen LogP contribution in [0.2, 0.25) is 0 Å². The van der Waals surface area contributed by atoms with Crippen LogP contribution >= 0.6 is 7.82 Å². The van der Waals surface area contributed by atoms with E-state index in [0.717, 1.165) is 30.3 Å². The molecular weight excluding hydrogens is 854 g/mol. The van der Waals surface area contributed by atoms with Crippen molar-refractivity contribution in [3.05, 3.63) is 55.8 Å². The largest absolute Gasteiger partial charge is 0.472 e. The highest BCUT2D eigenvalue weighted by Gasteiger charge is 2.52. The molecule has 364 valence electrons. The van der Waals surface area contributed by atoms with Crippen molar-refractivity contribution in [2.75, 3.05) is 32.5 Å². The van der Waals surface area contributed by atoms with Gasteiger partial charge in [-0.2, -0.15) is 4.98 Å². The number of phosphoric acid groups is 1. The Hall–Kier alpha value is -3.29. The average Bonchev–Trinajstić information content (AvgIpc) is 3.71.